The first-order valence-corrected chi connectivity index (χ1v) is 8.63. The summed E-state index contributed by atoms with van der Waals surface area (Å²) in [6.07, 6.45) is 0.504. The van der Waals surface area contributed by atoms with Crippen molar-refractivity contribution < 1.29 is 9.72 Å². The Morgan fingerprint density at radius 3 is 2.26 bits per heavy atom. The van der Waals surface area contributed by atoms with E-state index in [9.17, 15) is 14.9 Å². The minimum atomic E-state index is -0.574. The van der Waals surface area contributed by atoms with Crippen LogP contribution < -0.4 is 10.6 Å². The average Bonchev–Trinajstić information content (AvgIpc) is 2.68. The Bertz CT molecular complexity index is 780. The van der Waals surface area contributed by atoms with Crippen molar-refractivity contribution in [3.8, 4) is 0 Å². The van der Waals surface area contributed by atoms with Gasteiger partial charge in [-0.25, -0.2) is 0 Å². The highest BCUT2D eigenvalue weighted by molar-refractivity contribution is 5.85. The van der Waals surface area contributed by atoms with Gasteiger partial charge in [-0.1, -0.05) is 42.5 Å². The molecule has 2 N–H and O–H groups in total. The highest BCUT2D eigenvalue weighted by Gasteiger charge is 2.27. The van der Waals surface area contributed by atoms with E-state index in [1.807, 2.05) is 35.2 Å². The number of amides is 1. The van der Waals surface area contributed by atoms with E-state index in [4.69, 9.17) is 5.73 Å². The SMILES string of the molecule is Cl.NC(Cc1ccccc1)C(=O)N1CCN(c2ccccc2[N+](=O)[O-])CC1. The van der Waals surface area contributed by atoms with Crippen LogP contribution in [0.15, 0.2) is 54.6 Å². The van der Waals surface area contributed by atoms with Crippen LogP contribution >= 0.6 is 12.4 Å². The predicted molar refractivity (Wildman–Crippen MR) is 107 cm³/mol. The molecule has 27 heavy (non-hydrogen) atoms. The van der Waals surface area contributed by atoms with Crippen molar-refractivity contribution in [1.82, 2.24) is 4.90 Å². The molecule has 0 saturated carbocycles. The first-order chi connectivity index (χ1) is 12.6. The van der Waals surface area contributed by atoms with Crippen molar-refractivity contribution in [3.05, 3.63) is 70.3 Å². The third-order valence-electron chi connectivity index (χ3n) is 4.63. The number of nitrogens with two attached hydrogens (primary N) is 1. The number of nitrogens with zero attached hydrogens (tertiary/aromatic N) is 3. The van der Waals surface area contributed by atoms with E-state index in [2.05, 4.69) is 0 Å². The van der Waals surface area contributed by atoms with Crippen LogP contribution in [0.4, 0.5) is 11.4 Å². The fourth-order valence-electron chi connectivity index (χ4n) is 3.24. The molecule has 1 heterocycles. The molecular formula is C19H23ClN4O3. The van der Waals surface area contributed by atoms with Crippen LogP contribution in [0.5, 0.6) is 0 Å². The van der Waals surface area contributed by atoms with Crippen LogP contribution in [-0.2, 0) is 11.2 Å². The summed E-state index contributed by atoms with van der Waals surface area (Å²) < 4.78 is 0. The number of benzene rings is 2. The van der Waals surface area contributed by atoms with E-state index in [0.29, 0.717) is 38.3 Å². The Morgan fingerprint density at radius 2 is 1.63 bits per heavy atom. The highest BCUT2D eigenvalue weighted by atomic mass is 35.5. The van der Waals surface area contributed by atoms with Gasteiger partial charge in [-0.3, -0.25) is 14.9 Å². The van der Waals surface area contributed by atoms with Gasteiger partial charge >= 0.3 is 0 Å². The van der Waals surface area contributed by atoms with E-state index in [1.54, 1.807) is 23.1 Å². The van der Waals surface area contributed by atoms with Gasteiger partial charge in [0.1, 0.15) is 5.69 Å². The lowest BCUT2D eigenvalue weighted by Gasteiger charge is -2.36. The monoisotopic (exact) mass is 390 g/mol. The highest BCUT2D eigenvalue weighted by Crippen LogP contribution is 2.28. The summed E-state index contributed by atoms with van der Waals surface area (Å²) in [5.74, 6) is -0.0731. The molecule has 0 aliphatic carbocycles. The van der Waals surface area contributed by atoms with E-state index in [1.165, 1.54) is 6.07 Å². The van der Waals surface area contributed by atoms with Crippen LogP contribution in [-0.4, -0.2) is 48.0 Å². The molecule has 1 amide bonds. The third kappa shape index (κ3) is 4.96. The van der Waals surface area contributed by atoms with Crippen molar-refractivity contribution in [3.63, 3.8) is 0 Å². The molecule has 0 aromatic heterocycles. The topological polar surface area (TPSA) is 92.7 Å². The number of nitro benzene ring substituents is 1. The van der Waals surface area contributed by atoms with E-state index < -0.39 is 6.04 Å². The van der Waals surface area contributed by atoms with Crippen molar-refractivity contribution in [2.75, 3.05) is 31.1 Å². The maximum absolute atomic E-state index is 12.6. The lowest BCUT2D eigenvalue weighted by molar-refractivity contribution is -0.384. The van der Waals surface area contributed by atoms with Gasteiger partial charge in [0.05, 0.1) is 11.0 Å². The zero-order chi connectivity index (χ0) is 18.5. The van der Waals surface area contributed by atoms with Gasteiger partial charge in [0.2, 0.25) is 5.91 Å². The van der Waals surface area contributed by atoms with Crippen molar-refractivity contribution >= 4 is 29.7 Å². The maximum Gasteiger partial charge on any atom is 0.292 e. The van der Waals surface area contributed by atoms with Gasteiger partial charge in [-0.2, -0.15) is 0 Å². The zero-order valence-corrected chi connectivity index (χ0v) is 15.7. The minimum absolute atomic E-state index is 0. The molecule has 1 aliphatic rings. The smallest absolute Gasteiger partial charge is 0.292 e. The number of carbonyl (C=O) groups excluding carboxylic acids is 1. The lowest BCUT2D eigenvalue weighted by Crippen LogP contribution is -2.53. The van der Waals surface area contributed by atoms with Crippen LogP contribution in [0.3, 0.4) is 0 Å². The molecule has 2 aromatic rings. The number of hydrogen-bond acceptors (Lipinski definition) is 5. The summed E-state index contributed by atoms with van der Waals surface area (Å²) in [5, 5.41) is 11.2. The van der Waals surface area contributed by atoms with Gasteiger partial charge in [0, 0.05) is 32.2 Å². The molecule has 0 bridgehead atoms. The Morgan fingerprint density at radius 1 is 1.04 bits per heavy atom. The molecular weight excluding hydrogens is 368 g/mol. The Hall–Kier alpha value is -2.64. The molecule has 1 atom stereocenters. The van der Waals surface area contributed by atoms with Gasteiger partial charge < -0.3 is 15.5 Å². The van der Waals surface area contributed by atoms with Gasteiger partial charge in [-0.15, -0.1) is 12.4 Å². The summed E-state index contributed by atoms with van der Waals surface area (Å²) in [6.45, 7) is 2.12. The molecule has 1 fully saturated rings. The van der Waals surface area contributed by atoms with Gasteiger partial charge in [0.25, 0.3) is 5.69 Å². The fourth-order valence-corrected chi connectivity index (χ4v) is 3.24. The molecule has 144 valence electrons. The molecule has 1 unspecified atom stereocenters. The Kier molecular flexibility index (Phi) is 7.15. The number of rotatable bonds is 5. The Balaban J connectivity index is 0.00000261. The first-order valence-electron chi connectivity index (χ1n) is 8.63. The number of carbonyl (C=O) groups is 1. The first kappa shape index (κ1) is 20.7. The van der Waals surface area contributed by atoms with Gasteiger partial charge in [0.15, 0.2) is 0 Å². The average molecular weight is 391 g/mol. The summed E-state index contributed by atoms with van der Waals surface area (Å²) in [7, 11) is 0. The lowest BCUT2D eigenvalue weighted by atomic mass is 10.1. The molecule has 2 aromatic carbocycles. The van der Waals surface area contributed by atoms with Crippen molar-refractivity contribution in [2.24, 2.45) is 5.73 Å². The Labute approximate surface area is 164 Å². The number of halogens is 1. The van der Waals surface area contributed by atoms with Crippen molar-refractivity contribution in [2.45, 2.75) is 12.5 Å². The summed E-state index contributed by atoms with van der Waals surface area (Å²) in [4.78, 5) is 27.1. The predicted octanol–water partition coefficient (Wildman–Crippen LogP) is 2.24. The summed E-state index contributed by atoms with van der Waals surface area (Å²) in [6, 6.07) is 15.8. The normalized spacial score (nSPS) is 15.0. The van der Waals surface area contributed by atoms with Crippen LogP contribution in [0.25, 0.3) is 0 Å². The number of nitro groups is 1. The second-order valence-corrected chi connectivity index (χ2v) is 6.35. The fraction of sp³-hybridized carbons (Fsp3) is 0.316. The largest absolute Gasteiger partial charge is 0.362 e. The van der Waals surface area contributed by atoms with Crippen LogP contribution in [0.1, 0.15) is 5.56 Å². The third-order valence-corrected chi connectivity index (χ3v) is 4.63. The summed E-state index contributed by atoms with van der Waals surface area (Å²) in [5.41, 5.74) is 7.82. The van der Waals surface area contributed by atoms with Gasteiger partial charge in [-0.05, 0) is 18.1 Å². The molecule has 3 rings (SSSR count). The summed E-state index contributed by atoms with van der Waals surface area (Å²) >= 11 is 0. The quantitative estimate of drug-likeness (QED) is 0.624. The zero-order valence-electron chi connectivity index (χ0n) is 14.9. The van der Waals surface area contributed by atoms with E-state index in [0.717, 1.165) is 5.56 Å². The number of anilines is 1. The van der Waals surface area contributed by atoms with Crippen molar-refractivity contribution in [1.29, 1.82) is 0 Å². The number of hydrogen-bond donors (Lipinski definition) is 1. The molecule has 8 heteroatoms. The second kappa shape index (κ2) is 9.34. The number of piperazine rings is 1. The second-order valence-electron chi connectivity index (χ2n) is 6.35. The van der Waals surface area contributed by atoms with E-state index >= 15 is 0 Å². The molecule has 7 nitrogen and oxygen atoms in total. The molecule has 0 spiro atoms. The number of para-hydroxylation sites is 2. The van der Waals surface area contributed by atoms with Crippen LogP contribution in [0.2, 0.25) is 0 Å². The minimum Gasteiger partial charge on any atom is -0.362 e. The molecule has 1 aliphatic heterocycles. The van der Waals surface area contributed by atoms with Crippen LogP contribution in [0, 0.1) is 10.1 Å². The van der Waals surface area contributed by atoms with E-state index in [-0.39, 0.29) is 28.9 Å². The molecule has 1 saturated heterocycles. The standard InChI is InChI=1S/C19H22N4O3.ClH/c20-16(14-15-6-2-1-3-7-15)19(24)22-12-10-21(11-13-22)17-8-4-5-9-18(17)23(25)26;/h1-9,16H,10-14,20H2;1H. The maximum atomic E-state index is 12.6. The molecule has 0 radical (unpaired) electrons.